The van der Waals surface area contributed by atoms with Crippen LogP contribution in [-0.2, 0) is 9.59 Å². The average Bonchev–Trinajstić information content (AvgIpc) is 3.14. The lowest BCUT2D eigenvalue weighted by molar-refractivity contribution is -0.140. The van der Waals surface area contributed by atoms with E-state index in [2.05, 4.69) is 17.1 Å². The lowest BCUT2D eigenvalue weighted by Gasteiger charge is -2.42. The zero-order valence-electron chi connectivity index (χ0n) is 14.2. The first kappa shape index (κ1) is 16.7. The second-order valence-corrected chi connectivity index (χ2v) is 8.14. The molecule has 0 aliphatic heterocycles. The molecule has 0 spiro atoms. The maximum absolute atomic E-state index is 12.1. The van der Waals surface area contributed by atoms with E-state index in [1.54, 1.807) is 0 Å². The Kier molecular flexibility index (Phi) is 5.24. The van der Waals surface area contributed by atoms with Gasteiger partial charge in [-0.25, -0.2) is 0 Å². The molecule has 2 N–H and O–H groups in total. The number of nitrogens with zero attached hydrogens (tertiary/aromatic N) is 1. The molecule has 3 saturated carbocycles. The van der Waals surface area contributed by atoms with Crippen LogP contribution in [0.4, 0.5) is 0 Å². The van der Waals surface area contributed by atoms with Crippen molar-refractivity contribution < 1.29 is 14.7 Å². The second-order valence-electron chi connectivity index (χ2n) is 8.14. The van der Waals surface area contributed by atoms with Crippen molar-refractivity contribution in [3.05, 3.63) is 0 Å². The van der Waals surface area contributed by atoms with Gasteiger partial charge in [-0.3, -0.25) is 14.5 Å². The summed E-state index contributed by atoms with van der Waals surface area (Å²) >= 11 is 0. The molecule has 23 heavy (non-hydrogen) atoms. The van der Waals surface area contributed by atoms with E-state index in [1.165, 1.54) is 32.1 Å². The summed E-state index contributed by atoms with van der Waals surface area (Å²) in [5.74, 6) is 1.49. The van der Waals surface area contributed by atoms with Gasteiger partial charge >= 0.3 is 5.97 Å². The van der Waals surface area contributed by atoms with Crippen LogP contribution in [0.1, 0.15) is 58.3 Å². The van der Waals surface area contributed by atoms with Crippen molar-refractivity contribution in [2.45, 2.75) is 70.4 Å². The Morgan fingerprint density at radius 3 is 2.35 bits per heavy atom. The Morgan fingerprint density at radius 1 is 1.09 bits per heavy atom. The van der Waals surface area contributed by atoms with Crippen LogP contribution in [0.5, 0.6) is 0 Å². The molecule has 5 heteroatoms. The number of carbonyl (C=O) groups excluding carboxylic acids is 1. The Balaban J connectivity index is 1.37. The Labute approximate surface area is 138 Å². The molecule has 3 aliphatic rings. The fraction of sp³-hybridized carbons (Fsp3) is 0.889. The largest absolute Gasteiger partial charge is 0.480 e. The topological polar surface area (TPSA) is 69.6 Å². The van der Waals surface area contributed by atoms with Crippen molar-refractivity contribution in [1.29, 1.82) is 0 Å². The molecule has 3 rings (SSSR count). The van der Waals surface area contributed by atoms with Crippen LogP contribution in [0.2, 0.25) is 0 Å². The van der Waals surface area contributed by atoms with Crippen LogP contribution >= 0.6 is 0 Å². The molecular weight excluding hydrogens is 292 g/mol. The molecule has 0 aromatic rings. The van der Waals surface area contributed by atoms with Crippen LogP contribution < -0.4 is 5.32 Å². The summed E-state index contributed by atoms with van der Waals surface area (Å²) in [6, 6.07) is 0.588. The Bertz CT molecular complexity index is 444. The maximum Gasteiger partial charge on any atom is 0.317 e. The second kappa shape index (κ2) is 7.20. The van der Waals surface area contributed by atoms with E-state index in [-0.39, 0.29) is 18.5 Å². The van der Waals surface area contributed by atoms with Gasteiger partial charge in [-0.05, 0) is 56.3 Å². The van der Waals surface area contributed by atoms with E-state index in [0.29, 0.717) is 24.3 Å². The highest BCUT2D eigenvalue weighted by atomic mass is 16.4. The third kappa shape index (κ3) is 4.93. The monoisotopic (exact) mass is 322 g/mol. The van der Waals surface area contributed by atoms with Crippen LogP contribution in [0.25, 0.3) is 0 Å². The fourth-order valence-corrected chi connectivity index (χ4v) is 4.21. The van der Waals surface area contributed by atoms with Gasteiger partial charge in [-0.1, -0.05) is 13.3 Å². The summed E-state index contributed by atoms with van der Waals surface area (Å²) in [6.45, 7) is 3.32. The van der Waals surface area contributed by atoms with Crippen molar-refractivity contribution in [2.24, 2.45) is 17.8 Å². The maximum atomic E-state index is 12.1. The summed E-state index contributed by atoms with van der Waals surface area (Å²) in [4.78, 5) is 25.3. The number of hydrogen-bond donors (Lipinski definition) is 2. The van der Waals surface area contributed by atoms with Crippen molar-refractivity contribution in [1.82, 2.24) is 10.2 Å². The fourth-order valence-electron chi connectivity index (χ4n) is 4.21. The molecule has 0 radical (unpaired) electrons. The molecule has 0 aromatic carbocycles. The molecule has 0 bridgehead atoms. The average molecular weight is 322 g/mol. The lowest BCUT2D eigenvalue weighted by Crippen LogP contribution is -2.55. The minimum absolute atomic E-state index is 0.141. The standard InChI is InChI=1S/C18H30N2O3/c1-12-2-3-14(6-12)7-17(21)19-15-8-16(9-15)20(11-18(22)23)10-13-4-5-13/h12-16H,2-11H2,1H3,(H,19,21)(H,22,23). The minimum atomic E-state index is -0.742. The van der Waals surface area contributed by atoms with Crippen LogP contribution in [-0.4, -0.2) is 47.1 Å². The van der Waals surface area contributed by atoms with Gasteiger partial charge in [0.1, 0.15) is 0 Å². The van der Waals surface area contributed by atoms with E-state index >= 15 is 0 Å². The van der Waals surface area contributed by atoms with Gasteiger partial charge in [0.25, 0.3) is 0 Å². The van der Waals surface area contributed by atoms with E-state index in [9.17, 15) is 9.59 Å². The summed E-state index contributed by atoms with van der Waals surface area (Å²) in [6.07, 6.45) is 8.61. The van der Waals surface area contributed by atoms with Gasteiger partial charge < -0.3 is 10.4 Å². The zero-order valence-corrected chi connectivity index (χ0v) is 14.2. The predicted octanol–water partition coefficient (Wildman–Crippen LogP) is 2.26. The van der Waals surface area contributed by atoms with E-state index < -0.39 is 5.97 Å². The Morgan fingerprint density at radius 2 is 1.78 bits per heavy atom. The number of rotatable bonds is 8. The first-order valence-electron chi connectivity index (χ1n) is 9.24. The highest BCUT2D eigenvalue weighted by molar-refractivity contribution is 5.76. The Hall–Kier alpha value is -1.10. The first-order valence-corrected chi connectivity index (χ1v) is 9.24. The predicted molar refractivity (Wildman–Crippen MR) is 88.0 cm³/mol. The molecule has 3 fully saturated rings. The van der Waals surface area contributed by atoms with Crippen LogP contribution in [0, 0.1) is 17.8 Å². The normalized spacial score (nSPS) is 33.5. The van der Waals surface area contributed by atoms with Crippen molar-refractivity contribution in [3.8, 4) is 0 Å². The summed E-state index contributed by atoms with van der Waals surface area (Å²) in [7, 11) is 0. The first-order chi connectivity index (χ1) is 11.0. The number of hydrogen-bond acceptors (Lipinski definition) is 3. The molecule has 2 atom stereocenters. The molecular formula is C18H30N2O3. The van der Waals surface area contributed by atoms with Crippen molar-refractivity contribution in [3.63, 3.8) is 0 Å². The SMILES string of the molecule is CC1CCC(CC(=O)NC2CC(N(CC(=O)O)CC3CC3)C2)C1. The lowest BCUT2D eigenvalue weighted by atomic mass is 9.85. The van der Waals surface area contributed by atoms with Crippen molar-refractivity contribution >= 4 is 11.9 Å². The molecule has 130 valence electrons. The van der Waals surface area contributed by atoms with Gasteiger partial charge in [0.05, 0.1) is 6.54 Å². The van der Waals surface area contributed by atoms with Gasteiger partial charge in [0, 0.05) is 25.0 Å². The number of carboxylic acid groups (broad SMARTS) is 1. The number of aliphatic carboxylic acids is 1. The zero-order chi connectivity index (χ0) is 16.4. The molecule has 3 aliphatic carbocycles. The quantitative estimate of drug-likeness (QED) is 0.719. The van der Waals surface area contributed by atoms with Crippen LogP contribution in [0.3, 0.4) is 0 Å². The van der Waals surface area contributed by atoms with Gasteiger partial charge in [0.15, 0.2) is 0 Å². The highest BCUT2D eigenvalue weighted by Crippen LogP contribution is 2.35. The third-order valence-electron chi connectivity index (χ3n) is 5.80. The highest BCUT2D eigenvalue weighted by Gasteiger charge is 2.38. The van der Waals surface area contributed by atoms with Gasteiger partial charge in [-0.15, -0.1) is 0 Å². The number of carbonyl (C=O) groups is 2. The summed E-state index contributed by atoms with van der Waals surface area (Å²) < 4.78 is 0. The molecule has 5 nitrogen and oxygen atoms in total. The minimum Gasteiger partial charge on any atom is -0.480 e. The summed E-state index contributed by atoms with van der Waals surface area (Å²) in [5.41, 5.74) is 0. The molecule has 2 unspecified atom stereocenters. The molecule has 1 amide bonds. The van der Waals surface area contributed by atoms with E-state index in [0.717, 1.165) is 25.3 Å². The summed E-state index contributed by atoms with van der Waals surface area (Å²) in [5, 5.41) is 12.2. The molecule has 0 aromatic heterocycles. The third-order valence-corrected chi connectivity index (χ3v) is 5.80. The number of nitrogens with one attached hydrogen (secondary N) is 1. The van der Waals surface area contributed by atoms with E-state index in [4.69, 9.17) is 5.11 Å². The molecule has 0 heterocycles. The molecule has 0 saturated heterocycles. The number of carboxylic acids is 1. The van der Waals surface area contributed by atoms with Gasteiger partial charge in [0.2, 0.25) is 5.91 Å². The smallest absolute Gasteiger partial charge is 0.317 e. The van der Waals surface area contributed by atoms with Crippen molar-refractivity contribution in [2.75, 3.05) is 13.1 Å². The van der Waals surface area contributed by atoms with E-state index in [1.807, 2.05) is 0 Å². The van der Waals surface area contributed by atoms with Crippen LogP contribution in [0.15, 0.2) is 0 Å². The van der Waals surface area contributed by atoms with Gasteiger partial charge in [-0.2, -0.15) is 0 Å². The number of amides is 1.